The first-order chi connectivity index (χ1) is 27.8. The SMILES string of the molecule is c1ccc(-c2nc(-c3ccccc3)nc(-c3cccc(-c4cccc(-c5ccc6c(c5)c(-c5ccccc5)c(-c5ccccc5)c5ccccc56)c4)c3)n2)cc1. The number of hydrogen-bond acceptors (Lipinski definition) is 3. The van der Waals surface area contributed by atoms with E-state index in [1.807, 2.05) is 60.7 Å². The minimum absolute atomic E-state index is 0.639. The van der Waals surface area contributed by atoms with Crippen molar-refractivity contribution in [1.29, 1.82) is 0 Å². The molecule has 56 heavy (non-hydrogen) atoms. The molecule has 0 aliphatic heterocycles. The van der Waals surface area contributed by atoms with Crippen LogP contribution in [-0.2, 0) is 0 Å². The van der Waals surface area contributed by atoms with Crippen LogP contribution in [0.25, 0.3) is 100 Å². The summed E-state index contributed by atoms with van der Waals surface area (Å²) < 4.78 is 0. The summed E-state index contributed by atoms with van der Waals surface area (Å²) >= 11 is 0. The third-order valence-electron chi connectivity index (χ3n) is 10.5. The molecule has 3 heteroatoms. The van der Waals surface area contributed by atoms with Gasteiger partial charge in [-0.3, -0.25) is 0 Å². The molecule has 0 aliphatic rings. The molecule has 0 saturated heterocycles. The van der Waals surface area contributed by atoms with Crippen molar-refractivity contribution in [1.82, 2.24) is 15.0 Å². The summed E-state index contributed by atoms with van der Waals surface area (Å²) in [6, 6.07) is 74.9. The van der Waals surface area contributed by atoms with Gasteiger partial charge in [0.2, 0.25) is 0 Å². The van der Waals surface area contributed by atoms with E-state index >= 15 is 0 Å². The molecule has 10 rings (SSSR count). The maximum atomic E-state index is 4.99. The predicted molar refractivity (Wildman–Crippen MR) is 233 cm³/mol. The van der Waals surface area contributed by atoms with Crippen LogP contribution in [0.1, 0.15) is 0 Å². The first-order valence-electron chi connectivity index (χ1n) is 18.9. The zero-order valence-electron chi connectivity index (χ0n) is 30.5. The molecule has 9 aromatic carbocycles. The van der Waals surface area contributed by atoms with Crippen LogP contribution in [-0.4, -0.2) is 15.0 Å². The molecule has 0 fully saturated rings. The third kappa shape index (κ3) is 6.21. The number of nitrogens with zero attached hydrogens (tertiary/aromatic N) is 3. The average molecular weight is 714 g/mol. The summed E-state index contributed by atoms with van der Waals surface area (Å²) in [5.41, 5.74) is 12.3. The number of hydrogen-bond donors (Lipinski definition) is 0. The summed E-state index contributed by atoms with van der Waals surface area (Å²) in [5, 5.41) is 4.98. The van der Waals surface area contributed by atoms with Crippen molar-refractivity contribution >= 4 is 21.5 Å². The van der Waals surface area contributed by atoms with Gasteiger partial charge in [0.1, 0.15) is 0 Å². The van der Waals surface area contributed by atoms with E-state index in [1.54, 1.807) is 0 Å². The van der Waals surface area contributed by atoms with Crippen LogP contribution in [0, 0.1) is 0 Å². The Hall–Kier alpha value is -7.49. The fourth-order valence-electron chi connectivity index (χ4n) is 7.83. The van der Waals surface area contributed by atoms with Crippen molar-refractivity contribution in [2.45, 2.75) is 0 Å². The standard InChI is InChI=1S/C53H35N3/c1-5-17-36(18-6-1)49-47-30-14-13-29-45(47)46-32-31-43(35-48(46)50(49)37-19-7-2-8-20-37)41-26-15-25-40(33-41)42-27-16-28-44(34-42)53-55-51(38-21-9-3-10-22-38)54-52(56-53)39-23-11-4-12-24-39/h1-35H. The van der Waals surface area contributed by atoms with Gasteiger partial charge in [0, 0.05) is 16.7 Å². The molecule has 1 aromatic heterocycles. The van der Waals surface area contributed by atoms with Crippen molar-refractivity contribution in [3.63, 3.8) is 0 Å². The fourth-order valence-corrected chi connectivity index (χ4v) is 7.83. The highest BCUT2D eigenvalue weighted by molar-refractivity contribution is 6.22. The fraction of sp³-hybridized carbons (Fsp3) is 0. The van der Waals surface area contributed by atoms with E-state index in [1.165, 1.54) is 49.4 Å². The zero-order chi connectivity index (χ0) is 37.3. The van der Waals surface area contributed by atoms with Gasteiger partial charge in [0.15, 0.2) is 17.5 Å². The van der Waals surface area contributed by atoms with Crippen molar-refractivity contribution in [3.05, 3.63) is 212 Å². The molecule has 262 valence electrons. The van der Waals surface area contributed by atoms with Crippen LogP contribution in [0.15, 0.2) is 212 Å². The number of aromatic nitrogens is 3. The molecule has 0 radical (unpaired) electrons. The second kappa shape index (κ2) is 14.4. The second-order valence-corrected chi connectivity index (χ2v) is 14.0. The molecule has 3 nitrogen and oxygen atoms in total. The zero-order valence-corrected chi connectivity index (χ0v) is 30.5. The number of benzene rings is 9. The van der Waals surface area contributed by atoms with Crippen LogP contribution < -0.4 is 0 Å². The van der Waals surface area contributed by atoms with Crippen LogP contribution in [0.4, 0.5) is 0 Å². The quantitative estimate of drug-likeness (QED) is 0.154. The van der Waals surface area contributed by atoms with Crippen LogP contribution >= 0.6 is 0 Å². The highest BCUT2D eigenvalue weighted by atomic mass is 15.0. The van der Waals surface area contributed by atoms with Gasteiger partial charge in [-0.2, -0.15) is 0 Å². The highest BCUT2D eigenvalue weighted by Crippen LogP contribution is 2.45. The predicted octanol–water partition coefficient (Wildman–Crippen LogP) is 13.8. The Labute approximate surface area is 326 Å². The normalized spacial score (nSPS) is 11.2. The minimum atomic E-state index is 0.639. The minimum Gasteiger partial charge on any atom is -0.208 e. The van der Waals surface area contributed by atoms with Crippen molar-refractivity contribution < 1.29 is 0 Å². The number of fused-ring (bicyclic) bond motifs is 3. The number of rotatable bonds is 7. The molecular weight excluding hydrogens is 679 g/mol. The maximum absolute atomic E-state index is 4.99. The van der Waals surface area contributed by atoms with E-state index in [4.69, 9.17) is 15.0 Å². The van der Waals surface area contributed by atoms with Crippen LogP contribution in [0.3, 0.4) is 0 Å². The summed E-state index contributed by atoms with van der Waals surface area (Å²) in [5.74, 6) is 1.94. The van der Waals surface area contributed by atoms with Crippen molar-refractivity contribution in [2.75, 3.05) is 0 Å². The van der Waals surface area contributed by atoms with Gasteiger partial charge in [-0.05, 0) is 84.3 Å². The van der Waals surface area contributed by atoms with Crippen molar-refractivity contribution in [2.24, 2.45) is 0 Å². The Morgan fingerprint density at radius 1 is 0.196 bits per heavy atom. The third-order valence-corrected chi connectivity index (χ3v) is 10.5. The molecule has 0 bridgehead atoms. The lowest BCUT2D eigenvalue weighted by Gasteiger charge is -2.19. The van der Waals surface area contributed by atoms with Gasteiger partial charge in [0.05, 0.1) is 0 Å². The lowest BCUT2D eigenvalue weighted by Crippen LogP contribution is -2.00. The lowest BCUT2D eigenvalue weighted by atomic mass is 9.84. The van der Waals surface area contributed by atoms with Crippen LogP contribution in [0.2, 0.25) is 0 Å². The molecule has 0 saturated carbocycles. The monoisotopic (exact) mass is 713 g/mol. The van der Waals surface area contributed by atoms with E-state index in [2.05, 4.69) is 152 Å². The molecule has 1 heterocycles. The van der Waals surface area contributed by atoms with E-state index < -0.39 is 0 Å². The maximum Gasteiger partial charge on any atom is 0.164 e. The summed E-state index contributed by atoms with van der Waals surface area (Å²) in [4.78, 5) is 14.9. The van der Waals surface area contributed by atoms with E-state index in [9.17, 15) is 0 Å². The largest absolute Gasteiger partial charge is 0.208 e. The summed E-state index contributed by atoms with van der Waals surface area (Å²) in [6.07, 6.45) is 0. The van der Waals surface area contributed by atoms with E-state index in [-0.39, 0.29) is 0 Å². The lowest BCUT2D eigenvalue weighted by molar-refractivity contribution is 1.07. The van der Waals surface area contributed by atoms with Crippen LogP contribution in [0.5, 0.6) is 0 Å². The van der Waals surface area contributed by atoms with Gasteiger partial charge < -0.3 is 0 Å². The van der Waals surface area contributed by atoms with Crippen molar-refractivity contribution in [3.8, 4) is 78.7 Å². The molecule has 0 aliphatic carbocycles. The Balaban J connectivity index is 1.10. The van der Waals surface area contributed by atoms with Gasteiger partial charge in [-0.25, -0.2) is 15.0 Å². The van der Waals surface area contributed by atoms with E-state index in [0.29, 0.717) is 17.5 Å². The molecule has 0 atom stereocenters. The molecule has 10 aromatic rings. The van der Waals surface area contributed by atoms with Gasteiger partial charge in [0.25, 0.3) is 0 Å². The molecule has 0 N–H and O–H groups in total. The molecular formula is C53H35N3. The topological polar surface area (TPSA) is 38.7 Å². The summed E-state index contributed by atoms with van der Waals surface area (Å²) in [6.45, 7) is 0. The molecule has 0 unspecified atom stereocenters. The summed E-state index contributed by atoms with van der Waals surface area (Å²) in [7, 11) is 0. The Morgan fingerprint density at radius 3 is 1.05 bits per heavy atom. The van der Waals surface area contributed by atoms with Gasteiger partial charge >= 0.3 is 0 Å². The first kappa shape index (κ1) is 33.1. The second-order valence-electron chi connectivity index (χ2n) is 14.0. The average Bonchev–Trinajstić information content (AvgIpc) is 3.29. The van der Waals surface area contributed by atoms with E-state index in [0.717, 1.165) is 33.4 Å². The Kier molecular flexibility index (Phi) is 8.51. The molecule has 0 spiro atoms. The molecule has 0 amide bonds. The smallest absolute Gasteiger partial charge is 0.164 e. The van der Waals surface area contributed by atoms with Gasteiger partial charge in [-0.15, -0.1) is 0 Å². The first-order valence-corrected chi connectivity index (χ1v) is 18.9. The van der Waals surface area contributed by atoms with Gasteiger partial charge in [-0.1, -0.05) is 194 Å². The Bertz CT molecular complexity index is 2940. The highest BCUT2D eigenvalue weighted by Gasteiger charge is 2.19. The Morgan fingerprint density at radius 2 is 0.536 bits per heavy atom.